The lowest BCUT2D eigenvalue weighted by Gasteiger charge is -2.46. The normalized spacial score (nSPS) is 29.1. The maximum Gasteiger partial charge on any atom is 0.186 e. The Balaban J connectivity index is 1.52. The average molecular weight is 382 g/mol. The van der Waals surface area contributed by atoms with Gasteiger partial charge >= 0.3 is 0 Å². The monoisotopic (exact) mass is 382 g/mol. The van der Waals surface area contributed by atoms with E-state index in [1.807, 2.05) is 66.7 Å². The first-order chi connectivity index (χ1) is 13.8. The van der Waals surface area contributed by atoms with Crippen molar-refractivity contribution in [3.8, 4) is 0 Å². The van der Waals surface area contributed by atoms with Crippen molar-refractivity contribution in [2.75, 3.05) is 7.11 Å². The van der Waals surface area contributed by atoms with Gasteiger partial charge in [-0.15, -0.1) is 0 Å². The summed E-state index contributed by atoms with van der Waals surface area (Å²) in [7, 11) is 1.64. The maximum atomic E-state index is 6.33. The number of methoxy groups -OCH3 is 1. The SMILES string of the molecule is CO[C@H]1O[C@@H]2CC=CO[C@H]2[C@H](OCc2ccccc2)[C@H]1OCc1ccccc1. The van der Waals surface area contributed by atoms with Crippen molar-refractivity contribution in [3.05, 3.63) is 84.1 Å². The van der Waals surface area contributed by atoms with Crippen LogP contribution in [0.1, 0.15) is 17.5 Å². The van der Waals surface area contributed by atoms with Crippen LogP contribution in [-0.4, -0.2) is 37.8 Å². The molecule has 2 aromatic carbocycles. The van der Waals surface area contributed by atoms with Gasteiger partial charge in [0.25, 0.3) is 0 Å². The van der Waals surface area contributed by atoms with Crippen LogP contribution in [0, 0.1) is 0 Å². The van der Waals surface area contributed by atoms with Crippen LogP contribution in [0.15, 0.2) is 73.0 Å². The molecule has 5 heteroatoms. The highest BCUT2D eigenvalue weighted by Crippen LogP contribution is 2.33. The van der Waals surface area contributed by atoms with Crippen molar-refractivity contribution in [1.82, 2.24) is 0 Å². The molecule has 0 bridgehead atoms. The van der Waals surface area contributed by atoms with Gasteiger partial charge in [-0.2, -0.15) is 0 Å². The van der Waals surface area contributed by atoms with Gasteiger partial charge in [0.05, 0.1) is 19.5 Å². The smallest absolute Gasteiger partial charge is 0.186 e. The van der Waals surface area contributed by atoms with Crippen LogP contribution >= 0.6 is 0 Å². The molecule has 0 spiro atoms. The molecule has 28 heavy (non-hydrogen) atoms. The van der Waals surface area contributed by atoms with Gasteiger partial charge in [0.2, 0.25) is 0 Å². The molecule has 2 aliphatic rings. The van der Waals surface area contributed by atoms with Gasteiger partial charge in [-0.1, -0.05) is 60.7 Å². The Morgan fingerprint density at radius 3 is 2.07 bits per heavy atom. The molecule has 5 atom stereocenters. The molecule has 4 rings (SSSR count). The third-order valence-corrected chi connectivity index (χ3v) is 5.09. The number of benzene rings is 2. The average Bonchev–Trinajstić information content (AvgIpc) is 2.77. The maximum absolute atomic E-state index is 6.33. The van der Waals surface area contributed by atoms with Crippen LogP contribution in [0.3, 0.4) is 0 Å². The third kappa shape index (κ3) is 4.45. The Kier molecular flexibility index (Phi) is 6.39. The van der Waals surface area contributed by atoms with E-state index >= 15 is 0 Å². The summed E-state index contributed by atoms with van der Waals surface area (Å²) in [5.74, 6) is 0. The zero-order chi connectivity index (χ0) is 19.2. The lowest BCUT2D eigenvalue weighted by molar-refractivity contribution is -0.312. The molecule has 0 unspecified atom stereocenters. The predicted molar refractivity (Wildman–Crippen MR) is 104 cm³/mol. The molecule has 0 aliphatic carbocycles. The summed E-state index contributed by atoms with van der Waals surface area (Å²) in [5.41, 5.74) is 2.19. The van der Waals surface area contributed by atoms with Crippen LogP contribution in [0.2, 0.25) is 0 Å². The number of rotatable bonds is 7. The number of hydrogen-bond donors (Lipinski definition) is 0. The zero-order valence-electron chi connectivity index (χ0n) is 16.0. The second-order valence-electron chi connectivity index (χ2n) is 7.01. The summed E-state index contributed by atoms with van der Waals surface area (Å²) < 4.78 is 30.2. The standard InChI is InChI=1S/C23H26O5/c1-24-23-22(27-16-18-11-6-3-7-12-18)21(20-19(28-23)13-8-14-25-20)26-15-17-9-4-2-5-10-17/h2-12,14,19-23H,13,15-16H2,1H3/t19-,20-,21+,22-,23+/m1/s1. The molecule has 2 aromatic rings. The fourth-order valence-electron chi connectivity index (χ4n) is 3.66. The first kappa shape index (κ1) is 19.2. The lowest BCUT2D eigenvalue weighted by Crippen LogP contribution is -2.60. The van der Waals surface area contributed by atoms with Crippen molar-refractivity contribution >= 4 is 0 Å². The van der Waals surface area contributed by atoms with Crippen molar-refractivity contribution in [3.63, 3.8) is 0 Å². The van der Waals surface area contributed by atoms with E-state index in [0.29, 0.717) is 13.2 Å². The topological polar surface area (TPSA) is 46.2 Å². The summed E-state index contributed by atoms with van der Waals surface area (Å²) in [6.45, 7) is 0.927. The molecule has 148 valence electrons. The third-order valence-electron chi connectivity index (χ3n) is 5.09. The summed E-state index contributed by atoms with van der Waals surface area (Å²) >= 11 is 0. The van der Waals surface area contributed by atoms with Gasteiger partial charge < -0.3 is 23.7 Å². The number of fused-ring (bicyclic) bond motifs is 1. The van der Waals surface area contributed by atoms with E-state index in [1.165, 1.54) is 0 Å². The van der Waals surface area contributed by atoms with Crippen LogP contribution in [0.4, 0.5) is 0 Å². The Morgan fingerprint density at radius 1 is 0.857 bits per heavy atom. The van der Waals surface area contributed by atoms with E-state index in [1.54, 1.807) is 13.4 Å². The zero-order valence-corrected chi connectivity index (χ0v) is 16.0. The summed E-state index contributed by atoms with van der Waals surface area (Å²) in [4.78, 5) is 0. The predicted octanol–water partition coefficient (Wildman–Crippen LogP) is 3.83. The molecule has 0 N–H and O–H groups in total. The van der Waals surface area contributed by atoms with Gasteiger partial charge in [0.15, 0.2) is 12.4 Å². The summed E-state index contributed by atoms with van der Waals surface area (Å²) in [5, 5.41) is 0. The first-order valence-electron chi connectivity index (χ1n) is 9.65. The lowest BCUT2D eigenvalue weighted by atomic mass is 9.95. The fraction of sp³-hybridized carbons (Fsp3) is 0.391. The van der Waals surface area contributed by atoms with Crippen molar-refractivity contribution < 1.29 is 23.7 Å². The molecule has 0 aromatic heterocycles. The molecule has 0 amide bonds. The summed E-state index contributed by atoms with van der Waals surface area (Å²) in [6.07, 6.45) is 2.88. The highest BCUT2D eigenvalue weighted by atomic mass is 16.7. The van der Waals surface area contributed by atoms with E-state index in [4.69, 9.17) is 23.7 Å². The van der Waals surface area contributed by atoms with E-state index in [0.717, 1.165) is 17.5 Å². The molecule has 1 saturated heterocycles. The second kappa shape index (κ2) is 9.34. The molecular weight excluding hydrogens is 356 g/mol. The van der Waals surface area contributed by atoms with Crippen molar-refractivity contribution in [1.29, 1.82) is 0 Å². The molecule has 1 fully saturated rings. The summed E-state index contributed by atoms with van der Waals surface area (Å²) in [6, 6.07) is 20.2. The van der Waals surface area contributed by atoms with Crippen LogP contribution < -0.4 is 0 Å². The Labute approximate surface area is 165 Å². The minimum atomic E-state index is -0.513. The van der Waals surface area contributed by atoms with E-state index in [-0.39, 0.29) is 18.3 Å². The molecule has 5 nitrogen and oxygen atoms in total. The largest absolute Gasteiger partial charge is 0.493 e. The van der Waals surface area contributed by atoms with Gasteiger partial charge in [-0.05, 0) is 23.6 Å². The Morgan fingerprint density at radius 2 is 1.46 bits per heavy atom. The van der Waals surface area contributed by atoms with E-state index in [2.05, 4.69) is 0 Å². The number of ether oxygens (including phenoxy) is 5. The molecule has 2 aliphatic heterocycles. The van der Waals surface area contributed by atoms with Crippen molar-refractivity contribution in [2.45, 2.75) is 50.3 Å². The van der Waals surface area contributed by atoms with E-state index < -0.39 is 12.4 Å². The van der Waals surface area contributed by atoms with Crippen molar-refractivity contribution in [2.24, 2.45) is 0 Å². The fourth-order valence-corrected chi connectivity index (χ4v) is 3.66. The second-order valence-corrected chi connectivity index (χ2v) is 7.01. The minimum Gasteiger partial charge on any atom is -0.493 e. The van der Waals surface area contributed by atoms with E-state index in [9.17, 15) is 0 Å². The molecule has 0 saturated carbocycles. The number of hydrogen-bond acceptors (Lipinski definition) is 5. The quantitative estimate of drug-likeness (QED) is 0.728. The highest BCUT2D eigenvalue weighted by molar-refractivity contribution is 5.15. The molecule has 2 heterocycles. The minimum absolute atomic E-state index is 0.118. The van der Waals surface area contributed by atoms with Crippen LogP contribution in [0.25, 0.3) is 0 Å². The highest BCUT2D eigenvalue weighted by Gasteiger charge is 2.49. The Hall–Kier alpha value is -2.18. The van der Waals surface area contributed by atoms with Gasteiger partial charge in [0.1, 0.15) is 18.3 Å². The van der Waals surface area contributed by atoms with Crippen LogP contribution in [-0.2, 0) is 36.9 Å². The van der Waals surface area contributed by atoms with Gasteiger partial charge in [-0.25, -0.2) is 0 Å². The van der Waals surface area contributed by atoms with Gasteiger partial charge in [0, 0.05) is 7.11 Å². The van der Waals surface area contributed by atoms with Crippen LogP contribution in [0.5, 0.6) is 0 Å². The first-order valence-corrected chi connectivity index (χ1v) is 9.65. The Bertz CT molecular complexity index is 748. The van der Waals surface area contributed by atoms with Gasteiger partial charge in [-0.3, -0.25) is 0 Å². The molecular formula is C23H26O5. The molecule has 0 radical (unpaired) electrons.